The van der Waals surface area contributed by atoms with E-state index in [0.717, 1.165) is 42.8 Å². The number of nitrogens with one attached hydrogen (secondary N) is 1. The zero-order valence-corrected chi connectivity index (χ0v) is 14.7. The molecule has 0 radical (unpaired) electrons. The van der Waals surface area contributed by atoms with Crippen molar-refractivity contribution in [1.29, 1.82) is 0 Å². The van der Waals surface area contributed by atoms with Crippen molar-refractivity contribution in [1.82, 2.24) is 20.0 Å². The van der Waals surface area contributed by atoms with Crippen molar-refractivity contribution in [2.45, 2.75) is 57.9 Å². The Bertz CT molecular complexity index is 781. The highest BCUT2D eigenvalue weighted by Crippen LogP contribution is 2.38. The van der Waals surface area contributed by atoms with Crippen LogP contribution in [0.5, 0.6) is 0 Å². The standard InChI is InChI=1S/C16H21N5O2S/c1-3-4-5-13-18-19-16(24-13)17-15(23)10(2)21-14(22)9-8-12(20-21)11-6-7-11/h8-11H,3-7H2,1-2H3,(H,17,19,23)/t10-/m1/s1. The van der Waals surface area contributed by atoms with Crippen LogP contribution < -0.4 is 10.9 Å². The number of hydrogen-bond acceptors (Lipinski definition) is 6. The van der Waals surface area contributed by atoms with Gasteiger partial charge in [0.2, 0.25) is 5.13 Å². The van der Waals surface area contributed by atoms with Gasteiger partial charge >= 0.3 is 0 Å². The van der Waals surface area contributed by atoms with E-state index < -0.39 is 6.04 Å². The van der Waals surface area contributed by atoms with E-state index in [4.69, 9.17) is 0 Å². The Balaban J connectivity index is 1.69. The van der Waals surface area contributed by atoms with Gasteiger partial charge in [-0.1, -0.05) is 24.7 Å². The Morgan fingerprint density at radius 3 is 2.92 bits per heavy atom. The zero-order valence-electron chi connectivity index (χ0n) is 13.9. The van der Waals surface area contributed by atoms with Gasteiger partial charge in [0.25, 0.3) is 11.5 Å². The average Bonchev–Trinajstić information content (AvgIpc) is 3.33. The minimum atomic E-state index is -0.695. The minimum Gasteiger partial charge on any atom is -0.299 e. The molecule has 1 aliphatic rings. The first-order valence-corrected chi connectivity index (χ1v) is 9.13. The first-order chi connectivity index (χ1) is 11.6. The van der Waals surface area contributed by atoms with Crippen molar-refractivity contribution >= 4 is 22.4 Å². The summed E-state index contributed by atoms with van der Waals surface area (Å²) >= 11 is 1.37. The molecule has 0 bridgehead atoms. The van der Waals surface area contributed by atoms with Crippen LogP contribution >= 0.6 is 11.3 Å². The van der Waals surface area contributed by atoms with Crippen LogP contribution in [0.1, 0.15) is 62.2 Å². The first kappa shape index (κ1) is 16.8. The third-order valence-corrected chi connectivity index (χ3v) is 4.93. The summed E-state index contributed by atoms with van der Waals surface area (Å²) in [5.74, 6) is 0.118. The van der Waals surface area contributed by atoms with Crippen molar-refractivity contribution < 1.29 is 4.79 Å². The molecular formula is C16H21N5O2S. The molecule has 2 aromatic heterocycles. The van der Waals surface area contributed by atoms with Crippen molar-refractivity contribution in [2.75, 3.05) is 5.32 Å². The highest BCUT2D eigenvalue weighted by Gasteiger charge is 2.27. The van der Waals surface area contributed by atoms with Crippen LogP contribution in [-0.2, 0) is 11.2 Å². The van der Waals surface area contributed by atoms with Crippen molar-refractivity contribution in [3.63, 3.8) is 0 Å². The second kappa shape index (κ2) is 7.21. The summed E-state index contributed by atoms with van der Waals surface area (Å²) in [7, 11) is 0. The summed E-state index contributed by atoms with van der Waals surface area (Å²) in [5, 5.41) is 16.5. The predicted molar refractivity (Wildman–Crippen MR) is 92.3 cm³/mol. The van der Waals surface area contributed by atoms with E-state index in [-0.39, 0.29) is 11.5 Å². The second-order valence-corrected chi connectivity index (χ2v) is 7.15. The molecule has 2 heterocycles. The van der Waals surface area contributed by atoms with Crippen molar-refractivity contribution in [3.05, 3.63) is 33.2 Å². The summed E-state index contributed by atoms with van der Waals surface area (Å²) in [6.07, 6.45) is 5.19. The fourth-order valence-electron chi connectivity index (χ4n) is 2.37. The van der Waals surface area contributed by atoms with Crippen LogP contribution in [0, 0.1) is 0 Å². The lowest BCUT2D eigenvalue weighted by atomic mass is 10.2. The Morgan fingerprint density at radius 1 is 1.42 bits per heavy atom. The van der Waals surface area contributed by atoms with Crippen LogP contribution in [0.3, 0.4) is 0 Å². The highest BCUT2D eigenvalue weighted by molar-refractivity contribution is 7.15. The number of nitrogens with zero attached hydrogens (tertiary/aromatic N) is 4. The molecule has 0 unspecified atom stereocenters. The number of carbonyl (C=O) groups is 1. The summed E-state index contributed by atoms with van der Waals surface area (Å²) < 4.78 is 1.25. The molecule has 2 aromatic rings. The van der Waals surface area contributed by atoms with Gasteiger partial charge in [0.1, 0.15) is 11.0 Å². The molecular weight excluding hydrogens is 326 g/mol. The minimum absolute atomic E-state index is 0.275. The SMILES string of the molecule is CCCCc1nnc(NC(=O)[C@@H](C)n2nc(C3CC3)ccc2=O)s1. The Morgan fingerprint density at radius 2 is 2.21 bits per heavy atom. The van der Waals surface area contributed by atoms with Gasteiger partial charge in [0.05, 0.1) is 5.69 Å². The van der Waals surface area contributed by atoms with E-state index in [1.165, 1.54) is 22.1 Å². The predicted octanol–water partition coefficient (Wildman–Crippen LogP) is 2.51. The normalized spacial score (nSPS) is 15.2. The van der Waals surface area contributed by atoms with E-state index in [1.54, 1.807) is 13.0 Å². The Hall–Kier alpha value is -2.09. The quantitative estimate of drug-likeness (QED) is 0.831. The van der Waals surface area contributed by atoms with E-state index in [1.807, 2.05) is 0 Å². The molecule has 1 aliphatic carbocycles. The summed E-state index contributed by atoms with van der Waals surface area (Å²) in [6, 6.07) is 2.54. The lowest BCUT2D eigenvalue weighted by Crippen LogP contribution is -2.33. The highest BCUT2D eigenvalue weighted by atomic mass is 32.1. The summed E-state index contributed by atoms with van der Waals surface area (Å²) in [4.78, 5) is 24.4. The Labute approximate surface area is 144 Å². The van der Waals surface area contributed by atoms with Gasteiger partial charge < -0.3 is 0 Å². The van der Waals surface area contributed by atoms with Crippen LogP contribution in [-0.4, -0.2) is 25.9 Å². The maximum Gasteiger partial charge on any atom is 0.267 e. The van der Waals surface area contributed by atoms with Gasteiger partial charge in [-0.2, -0.15) is 5.10 Å². The molecule has 3 rings (SSSR count). The number of unbranched alkanes of at least 4 members (excludes halogenated alkanes) is 1. The zero-order chi connectivity index (χ0) is 17.1. The van der Waals surface area contributed by atoms with E-state index in [9.17, 15) is 9.59 Å². The molecule has 1 atom stereocenters. The first-order valence-electron chi connectivity index (χ1n) is 8.31. The van der Waals surface area contributed by atoms with Crippen LogP contribution in [0.2, 0.25) is 0 Å². The molecule has 1 fully saturated rings. The van der Waals surface area contributed by atoms with Gasteiger partial charge in [-0.15, -0.1) is 10.2 Å². The summed E-state index contributed by atoms with van der Waals surface area (Å²) in [5.41, 5.74) is 0.606. The van der Waals surface area contributed by atoms with Crippen LogP contribution in [0.25, 0.3) is 0 Å². The molecule has 1 N–H and O–H groups in total. The third kappa shape index (κ3) is 3.87. The van der Waals surface area contributed by atoms with Gasteiger partial charge in [0.15, 0.2) is 0 Å². The molecule has 1 amide bonds. The number of carbonyl (C=O) groups excluding carboxylic acids is 1. The Kier molecular flexibility index (Phi) is 5.03. The second-order valence-electron chi connectivity index (χ2n) is 6.09. The maximum atomic E-state index is 12.4. The molecule has 128 valence electrons. The van der Waals surface area contributed by atoms with Crippen molar-refractivity contribution in [3.8, 4) is 0 Å². The van der Waals surface area contributed by atoms with Crippen LogP contribution in [0.4, 0.5) is 5.13 Å². The number of aromatic nitrogens is 4. The largest absolute Gasteiger partial charge is 0.299 e. The molecule has 0 aromatic carbocycles. The van der Waals surface area contributed by atoms with Crippen molar-refractivity contribution in [2.24, 2.45) is 0 Å². The lowest BCUT2D eigenvalue weighted by Gasteiger charge is -2.13. The fourth-order valence-corrected chi connectivity index (χ4v) is 3.15. The maximum absolute atomic E-state index is 12.4. The smallest absolute Gasteiger partial charge is 0.267 e. The molecule has 8 heteroatoms. The van der Waals surface area contributed by atoms with Gasteiger partial charge in [-0.25, -0.2) is 4.68 Å². The van der Waals surface area contributed by atoms with Crippen LogP contribution in [0.15, 0.2) is 16.9 Å². The topological polar surface area (TPSA) is 89.8 Å². The molecule has 0 aliphatic heterocycles. The van der Waals surface area contributed by atoms with E-state index >= 15 is 0 Å². The molecule has 0 spiro atoms. The number of aryl methyl sites for hydroxylation is 1. The third-order valence-electron chi connectivity index (χ3n) is 4.03. The van der Waals surface area contributed by atoms with E-state index in [0.29, 0.717) is 11.0 Å². The van der Waals surface area contributed by atoms with Gasteiger partial charge in [0, 0.05) is 18.4 Å². The van der Waals surface area contributed by atoms with Gasteiger partial charge in [-0.05, 0) is 32.3 Å². The van der Waals surface area contributed by atoms with Gasteiger partial charge in [-0.3, -0.25) is 14.9 Å². The molecule has 24 heavy (non-hydrogen) atoms. The fraction of sp³-hybridized carbons (Fsp3) is 0.562. The monoisotopic (exact) mass is 347 g/mol. The molecule has 7 nitrogen and oxygen atoms in total. The summed E-state index contributed by atoms with van der Waals surface area (Å²) in [6.45, 7) is 3.78. The van der Waals surface area contributed by atoms with E-state index in [2.05, 4.69) is 27.5 Å². The molecule has 0 saturated heterocycles. The number of hydrogen-bond donors (Lipinski definition) is 1. The lowest BCUT2D eigenvalue weighted by molar-refractivity contribution is -0.119. The number of rotatable bonds is 7. The average molecular weight is 347 g/mol. The molecule has 1 saturated carbocycles. The number of anilines is 1. The number of amides is 1.